The molecule has 3 aliphatic carbocycles. The van der Waals surface area contributed by atoms with Crippen molar-refractivity contribution in [1.82, 2.24) is 0 Å². The maximum absolute atomic E-state index is 14.1. The molecule has 8 rings (SSSR count). The molecule has 0 spiro atoms. The van der Waals surface area contributed by atoms with Gasteiger partial charge in [0.1, 0.15) is 0 Å². The standard InChI is InChI=1S/C30H19Br2NO2/c31-29-21-10-4-5-11-22(21)30(32,24-13-7-6-12-23(24)29)26-25(29)27(34)33(28(26)35)20-16-14-19(15-17-20)18-8-2-1-3-9-18/h1-17,25-26H/t25-,26-,29?,30?/m0/s1. The van der Waals surface area contributed by atoms with Gasteiger partial charge in [-0.3, -0.25) is 9.59 Å². The van der Waals surface area contributed by atoms with E-state index in [0.29, 0.717) is 5.69 Å². The summed E-state index contributed by atoms with van der Waals surface area (Å²) in [7, 11) is 0. The van der Waals surface area contributed by atoms with Crippen molar-refractivity contribution in [2.45, 2.75) is 8.65 Å². The fraction of sp³-hybridized carbons (Fsp3) is 0.133. The molecule has 3 nitrogen and oxygen atoms in total. The predicted octanol–water partition coefficient (Wildman–Crippen LogP) is 6.76. The molecule has 4 aliphatic rings. The smallest absolute Gasteiger partial charge is 0.239 e. The third-order valence-corrected chi connectivity index (χ3v) is 10.5. The van der Waals surface area contributed by atoms with Gasteiger partial charge < -0.3 is 0 Å². The number of amides is 2. The second-order valence-corrected chi connectivity index (χ2v) is 11.9. The van der Waals surface area contributed by atoms with Crippen LogP contribution in [0.4, 0.5) is 5.69 Å². The maximum Gasteiger partial charge on any atom is 0.239 e. The third-order valence-electron chi connectivity index (χ3n) is 7.82. The van der Waals surface area contributed by atoms with E-state index in [1.54, 1.807) is 0 Å². The van der Waals surface area contributed by atoms with E-state index in [9.17, 15) is 9.59 Å². The number of hydrogen-bond acceptors (Lipinski definition) is 2. The van der Waals surface area contributed by atoms with Crippen LogP contribution in [-0.4, -0.2) is 11.8 Å². The van der Waals surface area contributed by atoms with Crippen molar-refractivity contribution in [3.05, 3.63) is 125 Å². The molecule has 35 heavy (non-hydrogen) atoms. The van der Waals surface area contributed by atoms with Crippen LogP contribution in [0.5, 0.6) is 0 Å². The maximum atomic E-state index is 14.1. The minimum absolute atomic E-state index is 0.169. The van der Waals surface area contributed by atoms with Gasteiger partial charge in [-0.15, -0.1) is 0 Å². The monoisotopic (exact) mass is 583 g/mol. The van der Waals surface area contributed by atoms with E-state index in [1.807, 2.05) is 78.9 Å². The lowest BCUT2D eigenvalue weighted by atomic mass is 9.54. The number of carbonyl (C=O) groups is 2. The summed E-state index contributed by atoms with van der Waals surface area (Å²) in [6.45, 7) is 0. The van der Waals surface area contributed by atoms with Gasteiger partial charge in [0, 0.05) is 0 Å². The Balaban J connectivity index is 1.39. The van der Waals surface area contributed by atoms with Crippen molar-refractivity contribution in [1.29, 1.82) is 0 Å². The lowest BCUT2D eigenvalue weighted by Gasteiger charge is -2.55. The Hall–Kier alpha value is -3.02. The fourth-order valence-corrected chi connectivity index (χ4v) is 8.66. The van der Waals surface area contributed by atoms with Crippen LogP contribution in [-0.2, 0) is 18.2 Å². The average Bonchev–Trinajstić information content (AvgIpc) is 3.19. The molecule has 1 saturated heterocycles. The normalized spacial score (nSPS) is 28.0. The van der Waals surface area contributed by atoms with Gasteiger partial charge >= 0.3 is 0 Å². The molecule has 2 amide bonds. The summed E-state index contributed by atoms with van der Waals surface area (Å²) in [5.41, 5.74) is 6.90. The highest BCUT2D eigenvalue weighted by atomic mass is 79.9. The Morgan fingerprint density at radius 2 is 0.886 bits per heavy atom. The summed E-state index contributed by atoms with van der Waals surface area (Å²) in [5, 5.41) is 0. The summed E-state index contributed by atoms with van der Waals surface area (Å²) in [6, 6.07) is 34.0. The number of hydrogen-bond donors (Lipinski definition) is 0. The molecule has 0 N–H and O–H groups in total. The van der Waals surface area contributed by atoms with Crippen LogP contribution >= 0.6 is 31.9 Å². The lowest BCUT2D eigenvalue weighted by molar-refractivity contribution is -0.122. The van der Waals surface area contributed by atoms with Gasteiger partial charge in [0.15, 0.2) is 0 Å². The number of alkyl halides is 2. The molecule has 4 aromatic rings. The van der Waals surface area contributed by atoms with Crippen LogP contribution in [0.1, 0.15) is 22.3 Å². The molecule has 5 heteroatoms. The predicted molar refractivity (Wildman–Crippen MR) is 144 cm³/mol. The number of carbonyl (C=O) groups excluding carboxylic acids is 2. The summed E-state index contributed by atoms with van der Waals surface area (Å²) in [6.07, 6.45) is 0. The highest BCUT2D eigenvalue weighted by molar-refractivity contribution is 9.10. The Bertz CT molecular complexity index is 1410. The SMILES string of the molecule is O=C1[C@@H]2[C@@H](C(=O)N1c1ccc(-c3ccccc3)cc1)C1(Br)c3ccccc3C2(Br)c2ccccc21. The van der Waals surface area contributed by atoms with Crippen LogP contribution in [0, 0.1) is 11.8 Å². The summed E-state index contributed by atoms with van der Waals surface area (Å²) in [5.74, 6) is -1.46. The van der Waals surface area contributed by atoms with Gasteiger partial charge in [-0.25, -0.2) is 4.90 Å². The van der Waals surface area contributed by atoms with Crippen molar-refractivity contribution >= 4 is 49.4 Å². The second kappa shape index (κ2) is 7.25. The molecule has 1 fully saturated rings. The van der Waals surface area contributed by atoms with Gasteiger partial charge in [-0.2, -0.15) is 0 Å². The van der Waals surface area contributed by atoms with Crippen LogP contribution in [0.3, 0.4) is 0 Å². The van der Waals surface area contributed by atoms with Gasteiger partial charge in [0.2, 0.25) is 11.8 Å². The lowest BCUT2D eigenvalue weighted by Crippen LogP contribution is -2.56. The van der Waals surface area contributed by atoms with E-state index in [-0.39, 0.29) is 11.8 Å². The Kier molecular flexibility index (Phi) is 4.41. The Morgan fingerprint density at radius 1 is 0.514 bits per heavy atom. The third kappa shape index (κ3) is 2.55. The second-order valence-electron chi connectivity index (χ2n) is 9.39. The van der Waals surface area contributed by atoms with Gasteiger partial charge in [0.25, 0.3) is 0 Å². The summed E-state index contributed by atoms with van der Waals surface area (Å²) in [4.78, 5) is 29.6. The first-order valence-electron chi connectivity index (χ1n) is 11.6. The van der Waals surface area contributed by atoms with E-state index < -0.39 is 20.5 Å². The van der Waals surface area contributed by atoms with Gasteiger partial charge in [-0.05, 0) is 45.5 Å². The largest absolute Gasteiger partial charge is 0.274 e. The van der Waals surface area contributed by atoms with E-state index in [1.165, 1.54) is 4.90 Å². The molecular weight excluding hydrogens is 566 g/mol. The Labute approximate surface area is 220 Å². The van der Waals surface area contributed by atoms with Gasteiger partial charge in [-0.1, -0.05) is 123 Å². The molecule has 0 unspecified atom stereocenters. The van der Waals surface area contributed by atoms with Gasteiger partial charge in [0.05, 0.1) is 26.2 Å². The summed E-state index contributed by atoms with van der Waals surface area (Å²) >= 11 is 8.10. The van der Waals surface area contributed by atoms with E-state index in [0.717, 1.165) is 33.4 Å². The molecule has 0 saturated carbocycles. The minimum atomic E-state index is -0.772. The van der Waals surface area contributed by atoms with E-state index in [2.05, 4.69) is 56.1 Å². The van der Waals surface area contributed by atoms with Crippen LogP contribution < -0.4 is 4.90 Å². The molecule has 1 aliphatic heterocycles. The first-order chi connectivity index (χ1) is 17.0. The minimum Gasteiger partial charge on any atom is -0.274 e. The molecule has 2 atom stereocenters. The van der Waals surface area contributed by atoms with Crippen LogP contribution in [0.15, 0.2) is 103 Å². The zero-order valence-corrected chi connectivity index (χ0v) is 21.7. The molecule has 2 bridgehead atoms. The molecular formula is C30H19Br2NO2. The molecule has 4 aromatic carbocycles. The van der Waals surface area contributed by atoms with Crippen molar-refractivity contribution in [2.75, 3.05) is 4.90 Å². The fourth-order valence-electron chi connectivity index (χ4n) is 6.36. The topological polar surface area (TPSA) is 37.4 Å². The highest BCUT2D eigenvalue weighted by Crippen LogP contribution is 2.70. The summed E-state index contributed by atoms with van der Waals surface area (Å²) < 4.78 is -1.54. The molecule has 170 valence electrons. The number of nitrogens with zero attached hydrogens (tertiary/aromatic N) is 1. The number of imide groups is 1. The van der Waals surface area contributed by atoms with E-state index >= 15 is 0 Å². The molecule has 1 heterocycles. The average molecular weight is 585 g/mol. The zero-order chi connectivity index (χ0) is 23.9. The number of benzene rings is 4. The van der Waals surface area contributed by atoms with Crippen molar-refractivity contribution in [3.63, 3.8) is 0 Å². The highest BCUT2D eigenvalue weighted by Gasteiger charge is 2.72. The number of anilines is 1. The zero-order valence-electron chi connectivity index (χ0n) is 18.5. The van der Waals surface area contributed by atoms with Crippen molar-refractivity contribution < 1.29 is 9.59 Å². The van der Waals surface area contributed by atoms with E-state index in [4.69, 9.17) is 0 Å². The molecule has 0 radical (unpaired) electrons. The first kappa shape index (κ1) is 21.3. The van der Waals surface area contributed by atoms with Crippen LogP contribution in [0.25, 0.3) is 11.1 Å². The first-order valence-corrected chi connectivity index (χ1v) is 13.2. The number of rotatable bonds is 2. The Morgan fingerprint density at radius 3 is 1.31 bits per heavy atom. The number of halogens is 2. The van der Waals surface area contributed by atoms with Crippen molar-refractivity contribution in [2.24, 2.45) is 11.8 Å². The van der Waals surface area contributed by atoms with Crippen molar-refractivity contribution in [3.8, 4) is 11.1 Å². The molecule has 0 aromatic heterocycles. The van der Waals surface area contributed by atoms with Crippen LogP contribution in [0.2, 0.25) is 0 Å². The quantitative estimate of drug-likeness (QED) is 0.193.